The van der Waals surface area contributed by atoms with Gasteiger partial charge in [0.2, 0.25) is 0 Å². The molecule has 21 heavy (non-hydrogen) atoms. The predicted octanol–water partition coefficient (Wildman–Crippen LogP) is 3.58. The summed E-state index contributed by atoms with van der Waals surface area (Å²) < 4.78 is 0. The Hall–Kier alpha value is -2.20. The van der Waals surface area contributed by atoms with Crippen molar-refractivity contribution in [3.63, 3.8) is 0 Å². The second-order valence-electron chi connectivity index (χ2n) is 4.85. The average Bonchev–Trinajstić information content (AvgIpc) is 2.46. The lowest BCUT2D eigenvalue weighted by atomic mass is 10.1. The van der Waals surface area contributed by atoms with Crippen LogP contribution in [0.4, 0.5) is 0 Å². The van der Waals surface area contributed by atoms with Crippen LogP contribution in [0.5, 0.6) is 11.5 Å². The third-order valence-corrected chi connectivity index (χ3v) is 3.70. The number of phenolic OH excluding ortho intramolecular Hbond substituents is 2. The van der Waals surface area contributed by atoms with Crippen LogP contribution in [-0.2, 0) is 0 Å². The van der Waals surface area contributed by atoms with E-state index in [2.05, 4.69) is 0 Å². The highest BCUT2D eigenvalue weighted by atomic mass is 35.5. The van der Waals surface area contributed by atoms with E-state index in [1.807, 2.05) is 6.92 Å². The third kappa shape index (κ3) is 3.28. The molecule has 0 saturated heterocycles. The SMILES string of the molecule is CC(c1ccc(O)cc1)N(C)C(=O)c1ccc(Cl)cc1O. The number of rotatable bonds is 3. The van der Waals surface area contributed by atoms with Gasteiger partial charge in [0.15, 0.2) is 0 Å². The Balaban J connectivity index is 2.24. The minimum Gasteiger partial charge on any atom is -0.508 e. The Bertz CT molecular complexity index is 655. The van der Waals surface area contributed by atoms with Crippen LogP contribution >= 0.6 is 11.6 Å². The molecular weight excluding hydrogens is 290 g/mol. The van der Waals surface area contributed by atoms with Gasteiger partial charge >= 0.3 is 0 Å². The summed E-state index contributed by atoms with van der Waals surface area (Å²) in [7, 11) is 1.66. The molecule has 1 unspecified atom stereocenters. The topological polar surface area (TPSA) is 60.8 Å². The van der Waals surface area contributed by atoms with Crippen molar-refractivity contribution in [3.05, 3.63) is 58.6 Å². The zero-order valence-electron chi connectivity index (χ0n) is 11.7. The lowest BCUT2D eigenvalue weighted by Crippen LogP contribution is -2.29. The van der Waals surface area contributed by atoms with Crippen molar-refractivity contribution in [1.29, 1.82) is 0 Å². The van der Waals surface area contributed by atoms with Crippen LogP contribution in [0, 0.1) is 0 Å². The van der Waals surface area contributed by atoms with Crippen molar-refractivity contribution in [3.8, 4) is 11.5 Å². The summed E-state index contributed by atoms with van der Waals surface area (Å²) in [5.74, 6) is -0.266. The maximum atomic E-state index is 12.4. The summed E-state index contributed by atoms with van der Waals surface area (Å²) in [5, 5.41) is 19.5. The molecule has 2 N–H and O–H groups in total. The van der Waals surface area contributed by atoms with E-state index in [0.29, 0.717) is 5.02 Å². The predicted molar refractivity (Wildman–Crippen MR) is 81.7 cm³/mol. The van der Waals surface area contributed by atoms with E-state index in [-0.39, 0.29) is 29.0 Å². The Morgan fingerprint density at radius 2 is 1.76 bits per heavy atom. The summed E-state index contributed by atoms with van der Waals surface area (Å²) in [6.45, 7) is 1.87. The molecule has 110 valence electrons. The van der Waals surface area contributed by atoms with Gasteiger partial charge < -0.3 is 15.1 Å². The van der Waals surface area contributed by atoms with Gasteiger partial charge in [-0.3, -0.25) is 4.79 Å². The number of halogens is 1. The van der Waals surface area contributed by atoms with Gasteiger partial charge in [-0.2, -0.15) is 0 Å². The Morgan fingerprint density at radius 3 is 2.33 bits per heavy atom. The van der Waals surface area contributed by atoms with Crippen LogP contribution in [0.3, 0.4) is 0 Å². The minimum atomic E-state index is -0.301. The van der Waals surface area contributed by atoms with E-state index >= 15 is 0 Å². The van der Waals surface area contributed by atoms with E-state index in [9.17, 15) is 15.0 Å². The number of hydrogen-bond acceptors (Lipinski definition) is 3. The van der Waals surface area contributed by atoms with Crippen LogP contribution in [0.15, 0.2) is 42.5 Å². The smallest absolute Gasteiger partial charge is 0.257 e. The highest BCUT2D eigenvalue weighted by Gasteiger charge is 2.21. The van der Waals surface area contributed by atoms with Gasteiger partial charge in [-0.1, -0.05) is 23.7 Å². The van der Waals surface area contributed by atoms with Gasteiger partial charge in [-0.15, -0.1) is 0 Å². The zero-order chi connectivity index (χ0) is 15.6. The molecule has 0 aliphatic heterocycles. The highest BCUT2D eigenvalue weighted by molar-refractivity contribution is 6.30. The average molecular weight is 306 g/mol. The van der Waals surface area contributed by atoms with Crippen LogP contribution in [0.2, 0.25) is 5.02 Å². The molecule has 0 saturated carbocycles. The number of hydrogen-bond donors (Lipinski definition) is 2. The van der Waals surface area contributed by atoms with Crippen molar-refractivity contribution in [2.45, 2.75) is 13.0 Å². The van der Waals surface area contributed by atoms with E-state index in [4.69, 9.17) is 11.6 Å². The van der Waals surface area contributed by atoms with Gasteiger partial charge in [0.25, 0.3) is 5.91 Å². The molecule has 0 fully saturated rings. The Morgan fingerprint density at radius 1 is 1.14 bits per heavy atom. The highest BCUT2D eigenvalue weighted by Crippen LogP contribution is 2.27. The lowest BCUT2D eigenvalue weighted by Gasteiger charge is -2.25. The molecule has 0 heterocycles. The second-order valence-corrected chi connectivity index (χ2v) is 5.28. The molecule has 2 rings (SSSR count). The van der Waals surface area contributed by atoms with Crippen LogP contribution < -0.4 is 0 Å². The molecule has 0 radical (unpaired) electrons. The molecule has 0 bridgehead atoms. The fourth-order valence-electron chi connectivity index (χ4n) is 2.03. The van der Waals surface area contributed by atoms with Crippen LogP contribution in [-0.4, -0.2) is 28.1 Å². The molecule has 0 aliphatic carbocycles. The first-order valence-corrected chi connectivity index (χ1v) is 6.82. The molecule has 4 nitrogen and oxygen atoms in total. The largest absolute Gasteiger partial charge is 0.508 e. The summed E-state index contributed by atoms with van der Waals surface area (Å²) in [4.78, 5) is 14.0. The second kappa shape index (κ2) is 6.06. The number of amides is 1. The van der Waals surface area contributed by atoms with E-state index in [0.717, 1.165) is 5.56 Å². The van der Waals surface area contributed by atoms with Crippen molar-refractivity contribution in [1.82, 2.24) is 4.90 Å². The molecule has 2 aromatic rings. The maximum Gasteiger partial charge on any atom is 0.257 e. The fourth-order valence-corrected chi connectivity index (χ4v) is 2.19. The number of phenols is 2. The quantitative estimate of drug-likeness (QED) is 0.911. The molecule has 1 amide bonds. The number of aromatic hydroxyl groups is 2. The minimum absolute atomic E-state index is 0.141. The van der Waals surface area contributed by atoms with Gasteiger partial charge in [0, 0.05) is 12.1 Å². The molecule has 0 aliphatic rings. The number of nitrogens with zero attached hydrogens (tertiary/aromatic N) is 1. The first-order chi connectivity index (χ1) is 9.90. The van der Waals surface area contributed by atoms with E-state index in [1.54, 1.807) is 37.4 Å². The van der Waals surface area contributed by atoms with E-state index < -0.39 is 0 Å². The summed E-state index contributed by atoms with van der Waals surface area (Å²) in [6, 6.07) is 10.9. The number of carbonyl (C=O) groups is 1. The number of carbonyl (C=O) groups excluding carboxylic acids is 1. The first kappa shape index (κ1) is 15.2. The molecule has 0 spiro atoms. The van der Waals surface area contributed by atoms with Crippen molar-refractivity contribution < 1.29 is 15.0 Å². The Kier molecular flexibility index (Phi) is 4.38. The summed E-state index contributed by atoms with van der Waals surface area (Å²) in [6.07, 6.45) is 0. The zero-order valence-corrected chi connectivity index (χ0v) is 12.5. The fraction of sp³-hybridized carbons (Fsp3) is 0.188. The van der Waals surface area contributed by atoms with Gasteiger partial charge in [0.1, 0.15) is 11.5 Å². The normalized spacial score (nSPS) is 12.0. The molecule has 0 aromatic heterocycles. The standard InChI is InChI=1S/C16H16ClNO3/c1-10(11-3-6-13(19)7-4-11)18(2)16(21)14-8-5-12(17)9-15(14)20/h3-10,19-20H,1-2H3. The van der Waals surface area contributed by atoms with Crippen molar-refractivity contribution in [2.24, 2.45) is 0 Å². The monoisotopic (exact) mass is 305 g/mol. The molecular formula is C16H16ClNO3. The summed E-state index contributed by atoms with van der Waals surface area (Å²) in [5.41, 5.74) is 1.09. The van der Waals surface area contributed by atoms with Gasteiger partial charge in [0.05, 0.1) is 11.6 Å². The maximum absolute atomic E-state index is 12.4. The lowest BCUT2D eigenvalue weighted by molar-refractivity contribution is 0.0739. The molecule has 5 heteroatoms. The number of benzene rings is 2. The van der Waals surface area contributed by atoms with Gasteiger partial charge in [-0.25, -0.2) is 0 Å². The summed E-state index contributed by atoms with van der Waals surface area (Å²) >= 11 is 5.77. The van der Waals surface area contributed by atoms with Crippen LogP contribution in [0.1, 0.15) is 28.9 Å². The van der Waals surface area contributed by atoms with Crippen molar-refractivity contribution in [2.75, 3.05) is 7.05 Å². The Labute approximate surface area is 128 Å². The van der Waals surface area contributed by atoms with Crippen molar-refractivity contribution >= 4 is 17.5 Å². The van der Waals surface area contributed by atoms with Gasteiger partial charge in [-0.05, 0) is 42.8 Å². The molecule has 2 aromatic carbocycles. The third-order valence-electron chi connectivity index (χ3n) is 3.47. The molecule has 1 atom stereocenters. The van der Waals surface area contributed by atoms with Crippen LogP contribution in [0.25, 0.3) is 0 Å². The van der Waals surface area contributed by atoms with E-state index in [1.165, 1.54) is 17.0 Å². The first-order valence-electron chi connectivity index (χ1n) is 6.44.